The summed E-state index contributed by atoms with van der Waals surface area (Å²) in [6, 6.07) is 2.05. The van der Waals surface area contributed by atoms with Crippen LogP contribution in [0.4, 0.5) is 0 Å². The van der Waals surface area contributed by atoms with Crippen LogP contribution in [0.2, 0.25) is 0 Å². The first-order chi connectivity index (χ1) is 6.36. The topological polar surface area (TPSA) is 22.1 Å². The number of aryl methyl sites for hydroxylation is 1. The quantitative estimate of drug-likeness (QED) is 0.743. The number of pyridine rings is 1. The fourth-order valence-corrected chi connectivity index (χ4v) is 1.40. The minimum atomic E-state index is 0.698. The molecule has 1 aromatic rings. The summed E-state index contributed by atoms with van der Waals surface area (Å²) in [6.07, 6.45) is 5.84. The molecule has 0 atom stereocenters. The fourth-order valence-electron chi connectivity index (χ4n) is 1.12. The third-order valence-electron chi connectivity index (χ3n) is 1.68. The highest BCUT2D eigenvalue weighted by atomic mass is 79.9. The fraction of sp³-hybridized carbons (Fsp3) is 0.500. The van der Waals surface area contributed by atoms with Crippen LogP contribution in [0, 0.1) is 0 Å². The molecule has 0 amide bonds. The van der Waals surface area contributed by atoms with Crippen molar-refractivity contribution in [3.8, 4) is 5.75 Å². The van der Waals surface area contributed by atoms with Gasteiger partial charge in [-0.1, -0.05) is 15.9 Å². The number of hydrogen-bond donors (Lipinski definition) is 0. The summed E-state index contributed by atoms with van der Waals surface area (Å²) in [5.41, 5.74) is 1.24. The number of halogens is 1. The molecule has 1 heterocycles. The molecule has 3 heteroatoms. The van der Waals surface area contributed by atoms with Gasteiger partial charge in [0.15, 0.2) is 0 Å². The Kier molecular flexibility index (Phi) is 4.83. The number of ether oxygens (including phenoxy) is 1. The normalized spacial score (nSPS) is 10.0. The van der Waals surface area contributed by atoms with Crippen molar-refractivity contribution < 1.29 is 4.74 Å². The lowest BCUT2D eigenvalue weighted by Gasteiger charge is -2.04. The van der Waals surface area contributed by atoms with Gasteiger partial charge >= 0.3 is 0 Å². The van der Waals surface area contributed by atoms with Crippen LogP contribution in [0.15, 0.2) is 18.5 Å². The minimum absolute atomic E-state index is 0.698. The highest BCUT2D eigenvalue weighted by molar-refractivity contribution is 9.09. The van der Waals surface area contributed by atoms with Crippen LogP contribution in [0.3, 0.4) is 0 Å². The van der Waals surface area contributed by atoms with E-state index in [1.165, 1.54) is 5.56 Å². The Morgan fingerprint density at radius 1 is 1.46 bits per heavy atom. The smallest absolute Gasteiger partial charge is 0.137 e. The van der Waals surface area contributed by atoms with Crippen LogP contribution >= 0.6 is 15.9 Å². The second-order valence-corrected chi connectivity index (χ2v) is 3.55. The first-order valence-corrected chi connectivity index (χ1v) is 5.61. The van der Waals surface area contributed by atoms with Gasteiger partial charge in [0.2, 0.25) is 0 Å². The molecule has 0 bridgehead atoms. The molecule has 0 spiro atoms. The molecular formula is C10H14BrNO. The largest absolute Gasteiger partial charge is 0.492 e. The molecule has 1 rings (SSSR count). The maximum absolute atomic E-state index is 5.35. The summed E-state index contributed by atoms with van der Waals surface area (Å²) in [5.74, 6) is 0.870. The van der Waals surface area contributed by atoms with Crippen LogP contribution < -0.4 is 4.74 Å². The molecule has 0 aliphatic heterocycles. The van der Waals surface area contributed by atoms with Gasteiger partial charge in [0.05, 0.1) is 12.8 Å². The van der Waals surface area contributed by atoms with Crippen molar-refractivity contribution >= 4 is 15.9 Å². The molecule has 0 unspecified atom stereocenters. The zero-order chi connectivity index (χ0) is 9.52. The predicted octanol–water partition coefficient (Wildman–Crippen LogP) is 2.81. The average Bonchev–Trinajstić information content (AvgIpc) is 2.16. The Balaban J connectivity index is 2.56. The van der Waals surface area contributed by atoms with E-state index in [2.05, 4.69) is 27.0 Å². The lowest BCUT2D eigenvalue weighted by molar-refractivity contribution is 0.338. The number of rotatable bonds is 5. The summed E-state index contributed by atoms with van der Waals surface area (Å²) >= 11 is 3.40. The Morgan fingerprint density at radius 2 is 2.31 bits per heavy atom. The van der Waals surface area contributed by atoms with Gasteiger partial charge in [-0.15, -0.1) is 0 Å². The third kappa shape index (κ3) is 3.77. The van der Waals surface area contributed by atoms with E-state index < -0.39 is 0 Å². The van der Waals surface area contributed by atoms with Gasteiger partial charge in [-0.3, -0.25) is 4.98 Å². The molecule has 0 fully saturated rings. The van der Waals surface area contributed by atoms with Crippen molar-refractivity contribution in [1.29, 1.82) is 0 Å². The van der Waals surface area contributed by atoms with Gasteiger partial charge in [0.1, 0.15) is 5.75 Å². The second-order valence-electron chi connectivity index (χ2n) is 2.75. The summed E-state index contributed by atoms with van der Waals surface area (Å²) in [4.78, 5) is 4.12. The lowest BCUT2D eigenvalue weighted by Crippen LogP contribution is -1.94. The van der Waals surface area contributed by atoms with Gasteiger partial charge in [0, 0.05) is 11.5 Å². The molecule has 0 saturated carbocycles. The molecule has 0 aromatic carbocycles. The molecule has 1 aromatic heterocycles. The van der Waals surface area contributed by atoms with E-state index in [1.54, 1.807) is 6.20 Å². The highest BCUT2D eigenvalue weighted by Crippen LogP contribution is 2.12. The van der Waals surface area contributed by atoms with Crippen molar-refractivity contribution in [2.75, 3.05) is 11.9 Å². The van der Waals surface area contributed by atoms with Crippen molar-refractivity contribution in [1.82, 2.24) is 4.98 Å². The van der Waals surface area contributed by atoms with Crippen molar-refractivity contribution in [3.05, 3.63) is 24.0 Å². The van der Waals surface area contributed by atoms with Crippen LogP contribution in [-0.2, 0) is 6.42 Å². The average molecular weight is 244 g/mol. The number of alkyl halides is 1. The molecule has 0 aliphatic carbocycles. The molecule has 0 N–H and O–H groups in total. The summed E-state index contributed by atoms with van der Waals surface area (Å²) in [7, 11) is 0. The molecule has 13 heavy (non-hydrogen) atoms. The first-order valence-electron chi connectivity index (χ1n) is 4.49. The Bertz CT molecular complexity index is 252. The van der Waals surface area contributed by atoms with Gasteiger partial charge in [-0.05, 0) is 31.4 Å². The van der Waals surface area contributed by atoms with Crippen LogP contribution in [0.5, 0.6) is 5.75 Å². The molecular weight excluding hydrogens is 230 g/mol. The van der Waals surface area contributed by atoms with Crippen LogP contribution in [0.1, 0.15) is 18.9 Å². The number of nitrogens with zero attached hydrogens (tertiary/aromatic N) is 1. The van der Waals surface area contributed by atoms with Crippen molar-refractivity contribution in [2.24, 2.45) is 0 Å². The molecule has 0 aliphatic rings. The summed E-state index contributed by atoms with van der Waals surface area (Å²) < 4.78 is 5.35. The number of aromatic nitrogens is 1. The summed E-state index contributed by atoms with van der Waals surface area (Å²) in [6.45, 7) is 2.68. The molecule has 72 valence electrons. The predicted molar refractivity (Wildman–Crippen MR) is 57.5 cm³/mol. The van der Waals surface area contributed by atoms with E-state index >= 15 is 0 Å². The van der Waals surface area contributed by atoms with Gasteiger partial charge < -0.3 is 4.74 Å². The van der Waals surface area contributed by atoms with E-state index in [1.807, 2.05) is 13.1 Å². The number of hydrogen-bond acceptors (Lipinski definition) is 2. The van der Waals surface area contributed by atoms with E-state index in [4.69, 9.17) is 4.74 Å². The zero-order valence-electron chi connectivity index (χ0n) is 7.79. The Hall–Kier alpha value is -0.570. The van der Waals surface area contributed by atoms with Crippen LogP contribution in [-0.4, -0.2) is 16.9 Å². The lowest BCUT2D eigenvalue weighted by atomic mass is 10.2. The molecule has 2 nitrogen and oxygen atoms in total. The highest BCUT2D eigenvalue weighted by Gasteiger charge is 1.96. The SMILES string of the molecule is CCOc1cncc(CCCBr)c1. The van der Waals surface area contributed by atoms with Crippen molar-refractivity contribution in [3.63, 3.8) is 0 Å². The maximum Gasteiger partial charge on any atom is 0.137 e. The van der Waals surface area contributed by atoms with Gasteiger partial charge in [-0.25, -0.2) is 0 Å². The van der Waals surface area contributed by atoms with Gasteiger partial charge in [-0.2, -0.15) is 0 Å². The molecule has 0 radical (unpaired) electrons. The van der Waals surface area contributed by atoms with E-state index in [0.29, 0.717) is 6.61 Å². The van der Waals surface area contributed by atoms with E-state index in [9.17, 15) is 0 Å². The zero-order valence-corrected chi connectivity index (χ0v) is 9.38. The standard InChI is InChI=1S/C10H14BrNO/c1-2-13-10-6-9(4-3-5-11)7-12-8-10/h6-8H,2-5H2,1H3. The van der Waals surface area contributed by atoms with Gasteiger partial charge in [0.25, 0.3) is 0 Å². The molecule has 0 saturated heterocycles. The van der Waals surface area contributed by atoms with Crippen molar-refractivity contribution in [2.45, 2.75) is 19.8 Å². The van der Waals surface area contributed by atoms with E-state index in [0.717, 1.165) is 23.9 Å². The summed E-state index contributed by atoms with van der Waals surface area (Å²) in [5, 5.41) is 1.03. The second kappa shape index (κ2) is 5.97. The van der Waals surface area contributed by atoms with Crippen LogP contribution in [0.25, 0.3) is 0 Å². The minimum Gasteiger partial charge on any atom is -0.492 e. The Morgan fingerprint density at radius 3 is 3.00 bits per heavy atom. The first kappa shape index (κ1) is 10.5. The monoisotopic (exact) mass is 243 g/mol. The maximum atomic E-state index is 5.35. The van der Waals surface area contributed by atoms with E-state index in [-0.39, 0.29) is 0 Å². The third-order valence-corrected chi connectivity index (χ3v) is 2.24. The Labute approximate surface area is 87.5 Å².